The molecule has 1 aliphatic heterocycles. The molecule has 0 fully saturated rings. The maximum atomic E-state index is 12.9. The van der Waals surface area contributed by atoms with Gasteiger partial charge in [0.2, 0.25) is 5.91 Å². The van der Waals surface area contributed by atoms with Gasteiger partial charge in [0.15, 0.2) is 0 Å². The average Bonchev–Trinajstić information content (AvgIpc) is 2.73. The van der Waals surface area contributed by atoms with Crippen LogP contribution in [0.5, 0.6) is 0 Å². The molecule has 0 unspecified atom stereocenters. The molecule has 0 aromatic heterocycles. The lowest BCUT2D eigenvalue weighted by molar-refractivity contribution is -0.116. The second-order valence-electron chi connectivity index (χ2n) is 7.12. The Balaban J connectivity index is 1.58. The number of hydrogen-bond donors (Lipinski definition) is 3. The van der Waals surface area contributed by atoms with Crippen LogP contribution in [0.4, 0.5) is 17.1 Å². The van der Waals surface area contributed by atoms with Gasteiger partial charge in [0.05, 0.1) is 21.2 Å². The summed E-state index contributed by atoms with van der Waals surface area (Å²) < 4.78 is 56.0. The van der Waals surface area contributed by atoms with Crippen LogP contribution in [0.15, 0.2) is 76.5 Å². The molecule has 0 aliphatic carbocycles. The number of hydrogen-bond acceptors (Lipinski definition) is 5. The maximum Gasteiger partial charge on any atom is 0.261 e. The fraction of sp³-hybridized carbons (Fsp3) is 0.0952. The highest BCUT2D eigenvalue weighted by Crippen LogP contribution is 2.27. The second kappa shape index (κ2) is 8.45. The minimum Gasteiger partial charge on any atom is -0.326 e. The van der Waals surface area contributed by atoms with Crippen molar-refractivity contribution < 1.29 is 21.6 Å². The van der Waals surface area contributed by atoms with Crippen LogP contribution < -0.4 is 14.8 Å². The number of nitrogens with one attached hydrogen (secondary N) is 3. The van der Waals surface area contributed by atoms with Crippen molar-refractivity contribution in [2.75, 3.05) is 14.8 Å². The molecule has 1 heterocycles. The predicted octanol–water partition coefficient (Wildman–Crippen LogP) is 3.83. The first-order chi connectivity index (χ1) is 15.1. The third kappa shape index (κ3) is 4.87. The van der Waals surface area contributed by atoms with Crippen molar-refractivity contribution in [3.05, 3.63) is 77.3 Å². The Hall–Kier alpha value is -3.08. The molecule has 1 amide bonds. The molecule has 1 aliphatic rings. The molecule has 0 bridgehead atoms. The highest BCUT2D eigenvalue weighted by atomic mass is 35.5. The Labute approximate surface area is 190 Å². The first-order valence-corrected chi connectivity index (χ1v) is 12.8. The largest absolute Gasteiger partial charge is 0.326 e. The van der Waals surface area contributed by atoms with Gasteiger partial charge in [-0.25, -0.2) is 16.8 Å². The number of amides is 1. The van der Waals surface area contributed by atoms with Crippen molar-refractivity contribution >= 4 is 54.6 Å². The third-order valence-corrected chi connectivity index (χ3v) is 7.75. The first kappa shape index (κ1) is 22.1. The van der Waals surface area contributed by atoms with Gasteiger partial charge >= 0.3 is 0 Å². The molecule has 0 spiro atoms. The predicted molar refractivity (Wildman–Crippen MR) is 123 cm³/mol. The van der Waals surface area contributed by atoms with Crippen molar-refractivity contribution in [2.24, 2.45) is 0 Å². The maximum absolute atomic E-state index is 12.9. The molecule has 32 heavy (non-hydrogen) atoms. The van der Waals surface area contributed by atoms with Crippen LogP contribution in [0.3, 0.4) is 0 Å². The molecular weight excluding hydrogens is 474 g/mol. The van der Waals surface area contributed by atoms with Crippen LogP contribution in [0.1, 0.15) is 12.0 Å². The van der Waals surface area contributed by atoms with E-state index in [2.05, 4.69) is 14.8 Å². The van der Waals surface area contributed by atoms with Crippen molar-refractivity contribution in [1.29, 1.82) is 0 Å². The summed E-state index contributed by atoms with van der Waals surface area (Å²) in [6, 6.07) is 16.1. The summed E-state index contributed by atoms with van der Waals surface area (Å²) in [7, 11) is -7.96. The first-order valence-electron chi connectivity index (χ1n) is 9.46. The number of aryl methyl sites for hydroxylation is 1. The van der Waals surface area contributed by atoms with E-state index in [0.29, 0.717) is 17.1 Å². The monoisotopic (exact) mass is 491 g/mol. The Morgan fingerprint density at radius 2 is 1.38 bits per heavy atom. The van der Waals surface area contributed by atoms with E-state index >= 15 is 0 Å². The van der Waals surface area contributed by atoms with Gasteiger partial charge in [0.25, 0.3) is 20.0 Å². The lowest BCUT2D eigenvalue weighted by Gasteiger charge is -2.18. The number of halogens is 1. The molecule has 11 heteroatoms. The van der Waals surface area contributed by atoms with Gasteiger partial charge in [0.1, 0.15) is 0 Å². The van der Waals surface area contributed by atoms with E-state index in [1.165, 1.54) is 48.5 Å². The molecule has 0 saturated carbocycles. The molecular formula is C21H18ClN3O5S2. The Bertz CT molecular complexity index is 1420. The van der Waals surface area contributed by atoms with Crippen molar-refractivity contribution in [2.45, 2.75) is 22.6 Å². The quantitative estimate of drug-likeness (QED) is 0.484. The summed E-state index contributed by atoms with van der Waals surface area (Å²) in [4.78, 5) is 11.4. The van der Waals surface area contributed by atoms with Gasteiger partial charge in [-0.05, 0) is 66.6 Å². The number of sulfonamides is 2. The summed E-state index contributed by atoms with van der Waals surface area (Å²) in [5, 5.41) is 3.07. The molecule has 0 radical (unpaired) electrons. The highest BCUT2D eigenvalue weighted by molar-refractivity contribution is 7.93. The van der Waals surface area contributed by atoms with Gasteiger partial charge in [-0.2, -0.15) is 0 Å². The van der Waals surface area contributed by atoms with Crippen LogP contribution in [-0.4, -0.2) is 22.7 Å². The van der Waals surface area contributed by atoms with E-state index in [4.69, 9.17) is 11.6 Å². The van der Waals surface area contributed by atoms with Crippen LogP contribution in [-0.2, 0) is 31.3 Å². The SMILES string of the molecule is O=C1CCc2cc(S(=O)(=O)Nc3cccc(S(=O)(=O)Nc4cccc(Cl)c4)c3)ccc2N1. The Morgan fingerprint density at radius 3 is 2.06 bits per heavy atom. The van der Waals surface area contributed by atoms with E-state index in [-0.39, 0.29) is 33.5 Å². The van der Waals surface area contributed by atoms with Crippen molar-refractivity contribution in [1.82, 2.24) is 0 Å². The van der Waals surface area contributed by atoms with Crippen LogP contribution in [0.2, 0.25) is 5.02 Å². The minimum absolute atomic E-state index is 0.0118. The Kier molecular flexibility index (Phi) is 5.85. The van der Waals surface area contributed by atoms with Gasteiger partial charge in [0, 0.05) is 17.1 Å². The summed E-state index contributed by atoms with van der Waals surface area (Å²) in [6.45, 7) is 0. The average molecular weight is 492 g/mol. The number of carbonyl (C=O) groups excluding carboxylic acids is 1. The second-order valence-corrected chi connectivity index (χ2v) is 10.9. The minimum atomic E-state index is -3.98. The third-order valence-electron chi connectivity index (χ3n) is 4.76. The van der Waals surface area contributed by atoms with E-state index in [9.17, 15) is 21.6 Å². The zero-order chi connectivity index (χ0) is 22.9. The molecule has 3 aromatic rings. The lowest BCUT2D eigenvalue weighted by atomic mass is 10.0. The van der Waals surface area contributed by atoms with Crippen LogP contribution in [0.25, 0.3) is 0 Å². The van der Waals surface area contributed by atoms with Gasteiger partial charge in [-0.15, -0.1) is 0 Å². The molecule has 3 aromatic carbocycles. The number of benzene rings is 3. The zero-order valence-corrected chi connectivity index (χ0v) is 18.9. The summed E-state index contributed by atoms with van der Waals surface area (Å²) >= 11 is 5.90. The number of fused-ring (bicyclic) bond motifs is 1. The van der Waals surface area contributed by atoms with E-state index in [0.717, 1.165) is 5.56 Å². The molecule has 4 rings (SSSR count). The van der Waals surface area contributed by atoms with Crippen LogP contribution >= 0.6 is 11.6 Å². The smallest absolute Gasteiger partial charge is 0.261 e. The van der Waals surface area contributed by atoms with Gasteiger partial charge < -0.3 is 5.32 Å². The molecule has 8 nitrogen and oxygen atoms in total. The normalized spacial score (nSPS) is 13.7. The standard InChI is InChI=1S/C21H18ClN3O5S2/c22-15-3-1-4-16(12-15)24-31(27,28)18-6-2-5-17(13-18)25-32(29,30)19-8-9-20-14(11-19)7-10-21(26)23-20/h1-6,8-9,11-13,24-25H,7,10H2,(H,23,26). The summed E-state index contributed by atoms with van der Waals surface area (Å²) in [5.41, 5.74) is 1.67. The fourth-order valence-electron chi connectivity index (χ4n) is 3.23. The topological polar surface area (TPSA) is 121 Å². The van der Waals surface area contributed by atoms with Gasteiger partial charge in [-0.3, -0.25) is 14.2 Å². The number of rotatable bonds is 6. The zero-order valence-electron chi connectivity index (χ0n) is 16.5. The van der Waals surface area contributed by atoms with Crippen LogP contribution in [0, 0.1) is 0 Å². The van der Waals surface area contributed by atoms with Gasteiger partial charge in [-0.1, -0.05) is 23.7 Å². The van der Waals surface area contributed by atoms with E-state index in [1.807, 2.05) is 0 Å². The Morgan fingerprint density at radius 1 is 0.750 bits per heavy atom. The molecule has 166 valence electrons. The lowest BCUT2D eigenvalue weighted by Crippen LogP contribution is -2.20. The molecule has 0 saturated heterocycles. The van der Waals surface area contributed by atoms with Crippen molar-refractivity contribution in [3.63, 3.8) is 0 Å². The molecule has 0 atom stereocenters. The number of anilines is 3. The number of carbonyl (C=O) groups is 1. The summed E-state index contributed by atoms with van der Waals surface area (Å²) in [5.74, 6) is -0.115. The highest BCUT2D eigenvalue weighted by Gasteiger charge is 2.21. The fourth-order valence-corrected chi connectivity index (χ4v) is 5.62. The van der Waals surface area contributed by atoms with Crippen molar-refractivity contribution in [3.8, 4) is 0 Å². The summed E-state index contributed by atoms with van der Waals surface area (Å²) in [6.07, 6.45) is 0.719. The molecule has 3 N–H and O–H groups in total. The van der Waals surface area contributed by atoms with E-state index in [1.54, 1.807) is 18.2 Å². The van der Waals surface area contributed by atoms with E-state index < -0.39 is 20.0 Å².